The zero-order chi connectivity index (χ0) is 21.5. The van der Waals surface area contributed by atoms with Crippen LogP contribution < -0.4 is 10.2 Å². The van der Waals surface area contributed by atoms with E-state index in [0.717, 1.165) is 56.8 Å². The molecule has 6 rings (SSSR count). The first-order chi connectivity index (χ1) is 15.7. The Balaban J connectivity index is 1.32. The fraction of sp³-hybridized carbons (Fsp3) is 0.320. The molecular weight excluding hydrogens is 403 g/mol. The van der Waals surface area contributed by atoms with E-state index >= 15 is 0 Å². The van der Waals surface area contributed by atoms with Crippen molar-refractivity contribution in [3.63, 3.8) is 0 Å². The predicted molar refractivity (Wildman–Crippen MR) is 124 cm³/mol. The fourth-order valence-corrected chi connectivity index (χ4v) is 4.98. The van der Waals surface area contributed by atoms with E-state index in [2.05, 4.69) is 44.5 Å². The number of nitrogens with zero attached hydrogens (tertiary/aromatic N) is 4. The third-order valence-corrected chi connectivity index (χ3v) is 6.55. The van der Waals surface area contributed by atoms with Gasteiger partial charge in [-0.05, 0) is 49.8 Å². The lowest BCUT2D eigenvalue weighted by Gasteiger charge is -2.25. The highest BCUT2D eigenvalue weighted by atomic mass is 19.1. The third kappa shape index (κ3) is 3.57. The van der Waals surface area contributed by atoms with Crippen LogP contribution in [0, 0.1) is 5.82 Å². The molecule has 32 heavy (non-hydrogen) atoms. The highest BCUT2D eigenvalue weighted by Crippen LogP contribution is 2.31. The molecule has 0 spiro atoms. The average Bonchev–Trinajstić information content (AvgIpc) is 3.47. The van der Waals surface area contributed by atoms with E-state index in [-0.39, 0.29) is 11.9 Å². The SMILES string of the molecule is Fc1cncc(-c2nc(NC3CCc4[nH]c5ccccc5c4C3)cc(N3CCCC3)n2)c1. The maximum atomic E-state index is 13.8. The number of nitrogens with one attached hydrogen (secondary N) is 2. The van der Waals surface area contributed by atoms with E-state index < -0.39 is 0 Å². The second-order valence-electron chi connectivity index (χ2n) is 8.73. The number of benzene rings is 1. The number of aromatic amines is 1. The minimum atomic E-state index is -0.383. The number of aryl methyl sites for hydroxylation is 1. The number of hydrogen-bond acceptors (Lipinski definition) is 5. The molecule has 6 nitrogen and oxygen atoms in total. The van der Waals surface area contributed by atoms with Gasteiger partial charge in [0.15, 0.2) is 5.82 Å². The quantitative estimate of drug-likeness (QED) is 0.492. The van der Waals surface area contributed by atoms with E-state index in [0.29, 0.717) is 11.4 Å². The minimum absolute atomic E-state index is 0.279. The summed E-state index contributed by atoms with van der Waals surface area (Å²) in [4.78, 5) is 19.4. The number of hydrogen-bond donors (Lipinski definition) is 2. The Morgan fingerprint density at radius 1 is 1.06 bits per heavy atom. The summed E-state index contributed by atoms with van der Waals surface area (Å²) >= 11 is 0. The average molecular weight is 429 g/mol. The van der Waals surface area contributed by atoms with Crippen LogP contribution >= 0.6 is 0 Å². The number of para-hydroxylation sites is 1. The second-order valence-corrected chi connectivity index (χ2v) is 8.73. The monoisotopic (exact) mass is 428 g/mol. The molecule has 4 heterocycles. The zero-order valence-corrected chi connectivity index (χ0v) is 17.8. The Morgan fingerprint density at radius 3 is 2.81 bits per heavy atom. The number of H-pyrrole nitrogens is 1. The third-order valence-electron chi connectivity index (χ3n) is 6.55. The Hall–Kier alpha value is -3.48. The number of halogens is 1. The van der Waals surface area contributed by atoms with Crippen molar-refractivity contribution in [2.24, 2.45) is 0 Å². The largest absolute Gasteiger partial charge is 0.367 e. The zero-order valence-electron chi connectivity index (χ0n) is 17.8. The van der Waals surface area contributed by atoms with Gasteiger partial charge in [0.2, 0.25) is 0 Å². The van der Waals surface area contributed by atoms with Crippen molar-refractivity contribution in [2.75, 3.05) is 23.3 Å². The van der Waals surface area contributed by atoms with Crippen molar-refractivity contribution in [3.05, 3.63) is 65.9 Å². The first kappa shape index (κ1) is 19.2. The van der Waals surface area contributed by atoms with Crippen LogP contribution in [-0.4, -0.2) is 39.1 Å². The number of pyridine rings is 1. The summed E-state index contributed by atoms with van der Waals surface area (Å²) in [6.45, 7) is 1.97. The van der Waals surface area contributed by atoms with Gasteiger partial charge in [0, 0.05) is 53.6 Å². The van der Waals surface area contributed by atoms with Gasteiger partial charge in [0.05, 0.1) is 6.20 Å². The molecular formula is C25H25FN6. The molecule has 1 unspecified atom stereocenters. The second kappa shape index (κ2) is 7.89. The minimum Gasteiger partial charge on any atom is -0.367 e. The van der Waals surface area contributed by atoms with Crippen LogP contribution in [0.2, 0.25) is 0 Å². The number of fused-ring (bicyclic) bond motifs is 3. The Kier molecular flexibility index (Phi) is 4.74. The summed E-state index contributed by atoms with van der Waals surface area (Å²) in [5, 5.41) is 4.97. The Morgan fingerprint density at radius 2 is 1.94 bits per heavy atom. The van der Waals surface area contributed by atoms with Gasteiger partial charge >= 0.3 is 0 Å². The van der Waals surface area contributed by atoms with Crippen molar-refractivity contribution in [2.45, 2.75) is 38.1 Å². The van der Waals surface area contributed by atoms with Gasteiger partial charge < -0.3 is 15.2 Å². The van der Waals surface area contributed by atoms with E-state index in [1.807, 2.05) is 6.07 Å². The molecule has 0 bridgehead atoms. The molecule has 2 aliphatic rings. The topological polar surface area (TPSA) is 69.7 Å². The van der Waals surface area contributed by atoms with Gasteiger partial charge in [-0.1, -0.05) is 18.2 Å². The normalized spacial score (nSPS) is 18.2. The Bertz CT molecular complexity index is 1280. The van der Waals surface area contributed by atoms with Crippen LogP contribution in [0.25, 0.3) is 22.3 Å². The standard InChI is InChI=1S/C25H25FN6/c26-17-11-16(14-27-15-17)25-30-23(13-24(31-25)32-9-3-4-10-32)28-18-7-8-22-20(12-18)19-5-1-2-6-21(19)29-22/h1-2,5-6,11,13-15,18,29H,3-4,7-10,12H2,(H,28,30,31). The van der Waals surface area contributed by atoms with Crippen molar-refractivity contribution >= 4 is 22.5 Å². The number of anilines is 2. The molecule has 1 saturated heterocycles. The van der Waals surface area contributed by atoms with Gasteiger partial charge in [-0.15, -0.1) is 0 Å². The van der Waals surface area contributed by atoms with Crippen LogP contribution in [0.1, 0.15) is 30.5 Å². The molecule has 1 fully saturated rings. The molecule has 0 radical (unpaired) electrons. The molecule has 3 aromatic heterocycles. The van der Waals surface area contributed by atoms with Gasteiger partial charge in [0.1, 0.15) is 17.5 Å². The molecule has 2 N–H and O–H groups in total. The lowest BCUT2D eigenvalue weighted by molar-refractivity contribution is 0.605. The van der Waals surface area contributed by atoms with E-state index in [1.54, 1.807) is 6.20 Å². The van der Waals surface area contributed by atoms with Crippen molar-refractivity contribution < 1.29 is 4.39 Å². The lowest BCUT2D eigenvalue weighted by atomic mass is 9.91. The molecule has 1 aliphatic heterocycles. The van der Waals surface area contributed by atoms with E-state index in [1.165, 1.54) is 34.4 Å². The maximum Gasteiger partial charge on any atom is 0.165 e. The molecule has 1 atom stereocenters. The van der Waals surface area contributed by atoms with Crippen molar-refractivity contribution in [1.82, 2.24) is 19.9 Å². The molecule has 4 aromatic rings. The van der Waals surface area contributed by atoms with Gasteiger partial charge in [-0.25, -0.2) is 14.4 Å². The lowest BCUT2D eigenvalue weighted by Crippen LogP contribution is -2.28. The Labute approximate surface area is 185 Å². The first-order valence-electron chi connectivity index (χ1n) is 11.3. The van der Waals surface area contributed by atoms with Gasteiger partial charge in [-0.2, -0.15) is 0 Å². The molecule has 0 saturated carbocycles. The molecule has 1 aliphatic carbocycles. The summed E-state index contributed by atoms with van der Waals surface area (Å²) in [5.41, 5.74) is 4.54. The molecule has 162 valence electrons. The smallest absolute Gasteiger partial charge is 0.165 e. The highest BCUT2D eigenvalue weighted by molar-refractivity contribution is 5.85. The maximum absolute atomic E-state index is 13.8. The molecule has 1 aromatic carbocycles. The summed E-state index contributed by atoms with van der Waals surface area (Å²) < 4.78 is 13.8. The van der Waals surface area contributed by atoms with Crippen LogP contribution in [-0.2, 0) is 12.8 Å². The van der Waals surface area contributed by atoms with Crippen LogP contribution in [0.15, 0.2) is 48.8 Å². The van der Waals surface area contributed by atoms with E-state index in [9.17, 15) is 4.39 Å². The van der Waals surface area contributed by atoms with Crippen molar-refractivity contribution in [1.29, 1.82) is 0 Å². The van der Waals surface area contributed by atoms with Gasteiger partial charge in [-0.3, -0.25) is 4.98 Å². The summed E-state index contributed by atoms with van der Waals surface area (Å²) in [6.07, 6.45) is 8.12. The van der Waals surface area contributed by atoms with Crippen molar-refractivity contribution in [3.8, 4) is 11.4 Å². The summed E-state index contributed by atoms with van der Waals surface area (Å²) in [6, 6.07) is 12.3. The van der Waals surface area contributed by atoms with Crippen LogP contribution in [0.3, 0.4) is 0 Å². The van der Waals surface area contributed by atoms with E-state index in [4.69, 9.17) is 9.97 Å². The predicted octanol–water partition coefficient (Wildman–Crippen LogP) is 4.73. The highest BCUT2D eigenvalue weighted by Gasteiger charge is 2.24. The number of rotatable bonds is 4. The van der Waals surface area contributed by atoms with Gasteiger partial charge in [0.25, 0.3) is 0 Å². The molecule has 0 amide bonds. The number of aromatic nitrogens is 4. The summed E-state index contributed by atoms with van der Waals surface area (Å²) in [5.74, 6) is 1.80. The fourth-order valence-electron chi connectivity index (χ4n) is 4.98. The summed E-state index contributed by atoms with van der Waals surface area (Å²) in [7, 11) is 0. The van der Waals surface area contributed by atoms with Crippen LogP contribution in [0.5, 0.6) is 0 Å². The molecule has 7 heteroatoms. The van der Waals surface area contributed by atoms with Crippen LogP contribution in [0.4, 0.5) is 16.0 Å². The first-order valence-corrected chi connectivity index (χ1v) is 11.3.